The topological polar surface area (TPSA) is 84.6 Å². The lowest BCUT2D eigenvalue weighted by Gasteiger charge is -2.10. The van der Waals surface area contributed by atoms with Gasteiger partial charge in [-0.2, -0.15) is 0 Å². The van der Waals surface area contributed by atoms with Crippen LogP contribution >= 0.6 is 0 Å². The molecule has 0 heterocycles. The van der Waals surface area contributed by atoms with E-state index in [-0.39, 0.29) is 12.3 Å². The van der Waals surface area contributed by atoms with Crippen LogP contribution in [0, 0.1) is 10.1 Å². The van der Waals surface area contributed by atoms with Crippen molar-refractivity contribution in [3.05, 3.63) is 58.1 Å². The van der Waals surface area contributed by atoms with Crippen LogP contribution in [0.2, 0.25) is 0 Å². The monoisotopic (exact) mass is 274 g/mol. The Hall–Kier alpha value is -2.60. The van der Waals surface area contributed by atoms with Crippen LogP contribution in [0.5, 0.6) is 11.5 Å². The molecular formula is C14H14N2O4. The lowest BCUT2D eigenvalue weighted by Crippen LogP contribution is -1.96. The lowest BCUT2D eigenvalue weighted by atomic mass is 10.2. The molecule has 0 unspecified atom stereocenters. The predicted octanol–water partition coefficient (Wildman–Crippen LogP) is 2.92. The van der Waals surface area contributed by atoms with Crippen molar-refractivity contribution in [1.82, 2.24) is 0 Å². The fourth-order valence-electron chi connectivity index (χ4n) is 1.75. The number of aliphatic hydroxyl groups excluding tert-OH is 1. The van der Waals surface area contributed by atoms with Gasteiger partial charge in [-0.3, -0.25) is 10.1 Å². The Bertz CT molecular complexity index is 628. The van der Waals surface area contributed by atoms with Crippen LogP contribution in [0.4, 0.5) is 11.4 Å². The van der Waals surface area contributed by atoms with Crippen LogP contribution in [0.1, 0.15) is 5.56 Å². The van der Waals surface area contributed by atoms with Gasteiger partial charge in [-0.15, -0.1) is 0 Å². The number of nitro groups is 1. The Morgan fingerprint density at radius 1 is 1.30 bits per heavy atom. The second-order valence-corrected chi connectivity index (χ2v) is 4.09. The van der Waals surface area contributed by atoms with Crippen LogP contribution in [-0.2, 0) is 6.61 Å². The molecule has 2 aromatic rings. The van der Waals surface area contributed by atoms with Gasteiger partial charge < -0.3 is 15.2 Å². The van der Waals surface area contributed by atoms with Gasteiger partial charge >= 0.3 is 0 Å². The first-order valence-electron chi connectivity index (χ1n) is 5.98. The van der Waals surface area contributed by atoms with Gasteiger partial charge in [0.2, 0.25) is 0 Å². The normalized spacial score (nSPS) is 10.1. The first-order chi connectivity index (χ1) is 9.63. The van der Waals surface area contributed by atoms with Gasteiger partial charge in [0.05, 0.1) is 17.6 Å². The van der Waals surface area contributed by atoms with E-state index in [9.17, 15) is 15.2 Å². The van der Waals surface area contributed by atoms with E-state index in [4.69, 9.17) is 4.74 Å². The van der Waals surface area contributed by atoms with Crippen molar-refractivity contribution in [3.8, 4) is 11.5 Å². The third-order valence-electron chi connectivity index (χ3n) is 2.76. The second-order valence-electron chi connectivity index (χ2n) is 4.09. The summed E-state index contributed by atoms with van der Waals surface area (Å²) in [6, 6.07) is 11.4. The summed E-state index contributed by atoms with van der Waals surface area (Å²) in [6.45, 7) is -0.163. The van der Waals surface area contributed by atoms with E-state index < -0.39 is 4.92 Å². The van der Waals surface area contributed by atoms with Crippen molar-refractivity contribution in [2.24, 2.45) is 0 Å². The summed E-state index contributed by atoms with van der Waals surface area (Å²) in [6.07, 6.45) is 0. The molecular weight excluding hydrogens is 260 g/mol. The molecule has 0 bridgehead atoms. The minimum absolute atomic E-state index is 0.0617. The number of benzene rings is 2. The van der Waals surface area contributed by atoms with Crippen LogP contribution in [0.25, 0.3) is 0 Å². The molecule has 104 valence electrons. The molecule has 0 amide bonds. The van der Waals surface area contributed by atoms with Gasteiger partial charge in [-0.1, -0.05) is 18.2 Å². The standard InChI is InChI=1S/C14H14N2O4/c1-15-11-6-12(16(18)19)8-13(7-11)20-14-5-3-2-4-10(14)9-17/h2-8,15,17H,9H2,1H3. The number of non-ortho nitro benzene ring substituents is 1. The molecule has 0 fully saturated rings. The molecule has 2 rings (SSSR count). The summed E-state index contributed by atoms with van der Waals surface area (Å²) in [5, 5.41) is 23.0. The van der Waals surface area contributed by atoms with E-state index in [2.05, 4.69) is 5.32 Å². The van der Waals surface area contributed by atoms with Crippen LogP contribution in [-0.4, -0.2) is 17.1 Å². The van der Waals surface area contributed by atoms with E-state index in [1.165, 1.54) is 12.1 Å². The molecule has 20 heavy (non-hydrogen) atoms. The summed E-state index contributed by atoms with van der Waals surface area (Å²) in [7, 11) is 1.67. The number of rotatable bonds is 5. The van der Waals surface area contributed by atoms with Crippen molar-refractivity contribution in [2.45, 2.75) is 6.61 Å². The van der Waals surface area contributed by atoms with Crippen LogP contribution < -0.4 is 10.1 Å². The maximum Gasteiger partial charge on any atom is 0.275 e. The summed E-state index contributed by atoms with van der Waals surface area (Å²) in [5.41, 5.74) is 1.13. The molecule has 0 aliphatic rings. The van der Waals surface area contributed by atoms with Crippen molar-refractivity contribution < 1.29 is 14.8 Å². The zero-order valence-corrected chi connectivity index (χ0v) is 10.9. The lowest BCUT2D eigenvalue weighted by molar-refractivity contribution is -0.384. The zero-order valence-electron chi connectivity index (χ0n) is 10.9. The van der Waals surface area contributed by atoms with Gasteiger partial charge in [0.15, 0.2) is 0 Å². The maximum atomic E-state index is 10.9. The summed E-state index contributed by atoms with van der Waals surface area (Å²) in [4.78, 5) is 10.4. The smallest absolute Gasteiger partial charge is 0.275 e. The minimum Gasteiger partial charge on any atom is -0.457 e. The van der Waals surface area contributed by atoms with E-state index >= 15 is 0 Å². The van der Waals surface area contributed by atoms with Crippen molar-refractivity contribution in [2.75, 3.05) is 12.4 Å². The molecule has 0 aliphatic heterocycles. The number of aliphatic hydroxyl groups is 1. The quantitative estimate of drug-likeness (QED) is 0.646. The molecule has 0 aromatic heterocycles. The van der Waals surface area contributed by atoms with E-state index in [1.807, 2.05) is 0 Å². The average molecular weight is 274 g/mol. The van der Waals surface area contributed by atoms with E-state index in [0.29, 0.717) is 22.7 Å². The Morgan fingerprint density at radius 2 is 2.05 bits per heavy atom. The molecule has 0 atom stereocenters. The van der Waals surface area contributed by atoms with Crippen molar-refractivity contribution in [3.63, 3.8) is 0 Å². The number of nitrogens with zero attached hydrogens (tertiary/aromatic N) is 1. The fourth-order valence-corrected chi connectivity index (χ4v) is 1.75. The fraction of sp³-hybridized carbons (Fsp3) is 0.143. The molecule has 0 radical (unpaired) electrons. The highest BCUT2D eigenvalue weighted by molar-refractivity contribution is 5.57. The number of hydrogen-bond donors (Lipinski definition) is 2. The molecule has 2 aromatic carbocycles. The van der Waals surface area contributed by atoms with Crippen molar-refractivity contribution in [1.29, 1.82) is 0 Å². The molecule has 6 nitrogen and oxygen atoms in total. The van der Waals surface area contributed by atoms with Gasteiger partial charge in [0, 0.05) is 30.4 Å². The third-order valence-corrected chi connectivity index (χ3v) is 2.76. The third kappa shape index (κ3) is 3.04. The highest BCUT2D eigenvalue weighted by Gasteiger charge is 2.11. The Labute approximate surface area is 115 Å². The molecule has 6 heteroatoms. The minimum atomic E-state index is -0.481. The largest absolute Gasteiger partial charge is 0.457 e. The molecule has 0 saturated carbocycles. The Morgan fingerprint density at radius 3 is 2.70 bits per heavy atom. The van der Waals surface area contributed by atoms with E-state index in [1.54, 1.807) is 37.4 Å². The van der Waals surface area contributed by atoms with Crippen molar-refractivity contribution >= 4 is 11.4 Å². The number of hydrogen-bond acceptors (Lipinski definition) is 5. The Kier molecular flexibility index (Phi) is 4.17. The van der Waals surface area contributed by atoms with Gasteiger partial charge in [0.1, 0.15) is 11.5 Å². The summed E-state index contributed by atoms with van der Waals surface area (Å²) in [5.74, 6) is 0.807. The summed E-state index contributed by atoms with van der Waals surface area (Å²) < 4.78 is 5.63. The predicted molar refractivity (Wildman–Crippen MR) is 75.1 cm³/mol. The van der Waals surface area contributed by atoms with Gasteiger partial charge in [0.25, 0.3) is 5.69 Å². The number of nitrogens with one attached hydrogen (secondary N) is 1. The highest BCUT2D eigenvalue weighted by atomic mass is 16.6. The zero-order chi connectivity index (χ0) is 14.5. The van der Waals surface area contributed by atoms with Gasteiger partial charge in [-0.25, -0.2) is 0 Å². The Balaban J connectivity index is 2.37. The SMILES string of the molecule is CNc1cc(Oc2ccccc2CO)cc([N+](=O)[O-])c1. The van der Waals surface area contributed by atoms with Crippen LogP contribution in [0.3, 0.4) is 0 Å². The molecule has 2 N–H and O–H groups in total. The molecule has 0 spiro atoms. The first-order valence-corrected chi connectivity index (χ1v) is 5.98. The first kappa shape index (κ1) is 13.8. The second kappa shape index (κ2) is 6.03. The number of ether oxygens (including phenoxy) is 1. The summed E-state index contributed by atoms with van der Waals surface area (Å²) >= 11 is 0. The number of anilines is 1. The number of para-hydroxylation sites is 1. The van der Waals surface area contributed by atoms with Gasteiger partial charge in [-0.05, 0) is 6.07 Å². The van der Waals surface area contributed by atoms with Crippen LogP contribution in [0.15, 0.2) is 42.5 Å². The number of nitro benzene ring substituents is 1. The average Bonchev–Trinajstić information content (AvgIpc) is 2.47. The van der Waals surface area contributed by atoms with E-state index in [0.717, 1.165) is 0 Å². The maximum absolute atomic E-state index is 10.9. The highest BCUT2D eigenvalue weighted by Crippen LogP contribution is 2.31. The molecule has 0 saturated heterocycles. The molecule has 0 aliphatic carbocycles.